The normalized spacial score (nSPS) is 10.2. The number of nitrogens with two attached hydrogens (primary N) is 1. The molecular formula is C15H22FN3O2. The lowest BCUT2D eigenvalue weighted by molar-refractivity contribution is 0.205. The van der Waals surface area contributed by atoms with E-state index in [2.05, 4.69) is 6.07 Å². The first kappa shape index (κ1) is 17.1. The van der Waals surface area contributed by atoms with E-state index < -0.39 is 5.82 Å². The lowest BCUT2D eigenvalue weighted by Gasteiger charge is -2.25. The van der Waals surface area contributed by atoms with Gasteiger partial charge in [-0.1, -0.05) is 6.92 Å². The molecule has 1 rings (SSSR count). The highest BCUT2D eigenvalue weighted by Crippen LogP contribution is 2.31. The van der Waals surface area contributed by atoms with Gasteiger partial charge in [0.05, 0.1) is 37.1 Å². The number of hydrogen-bond acceptors (Lipinski definition) is 5. The molecule has 21 heavy (non-hydrogen) atoms. The Bertz CT molecular complexity index is 489. The van der Waals surface area contributed by atoms with Gasteiger partial charge in [0, 0.05) is 32.3 Å². The molecule has 0 atom stereocenters. The van der Waals surface area contributed by atoms with Gasteiger partial charge < -0.3 is 20.1 Å². The first-order valence-corrected chi connectivity index (χ1v) is 6.96. The molecule has 0 radical (unpaired) electrons. The lowest BCUT2D eigenvalue weighted by Crippen LogP contribution is -2.29. The van der Waals surface area contributed by atoms with Crippen molar-refractivity contribution in [3.63, 3.8) is 0 Å². The molecular weight excluding hydrogens is 273 g/mol. The first-order chi connectivity index (χ1) is 10.1. The molecule has 0 saturated carbocycles. The molecule has 1 aromatic carbocycles. The van der Waals surface area contributed by atoms with Crippen molar-refractivity contribution in [1.29, 1.82) is 5.26 Å². The number of benzene rings is 1. The van der Waals surface area contributed by atoms with Gasteiger partial charge in [-0.25, -0.2) is 4.39 Å². The van der Waals surface area contributed by atoms with E-state index in [1.54, 1.807) is 13.2 Å². The number of nitriles is 1. The van der Waals surface area contributed by atoms with Crippen molar-refractivity contribution in [2.75, 3.05) is 44.0 Å². The number of nitrogen functional groups attached to an aromatic ring is 1. The minimum Gasteiger partial charge on any atom is -0.490 e. The SMILES string of the molecule is CCCOc1cc(N(CCC#N)CCOC)c(N)cc1F. The molecule has 0 heterocycles. The summed E-state index contributed by atoms with van der Waals surface area (Å²) in [5, 5.41) is 8.75. The summed E-state index contributed by atoms with van der Waals surface area (Å²) in [7, 11) is 1.60. The third-order valence-corrected chi connectivity index (χ3v) is 2.94. The molecule has 0 fully saturated rings. The van der Waals surface area contributed by atoms with Crippen LogP contribution >= 0.6 is 0 Å². The maximum atomic E-state index is 13.8. The van der Waals surface area contributed by atoms with Gasteiger partial charge in [0.25, 0.3) is 0 Å². The maximum absolute atomic E-state index is 13.8. The van der Waals surface area contributed by atoms with Crippen LogP contribution < -0.4 is 15.4 Å². The summed E-state index contributed by atoms with van der Waals surface area (Å²) in [5.74, 6) is -0.294. The summed E-state index contributed by atoms with van der Waals surface area (Å²) in [5.41, 5.74) is 6.89. The van der Waals surface area contributed by atoms with Crippen LogP contribution in [0, 0.1) is 17.1 Å². The molecule has 0 aromatic heterocycles. The fourth-order valence-electron chi connectivity index (χ4n) is 1.89. The number of ether oxygens (including phenoxy) is 2. The molecule has 116 valence electrons. The van der Waals surface area contributed by atoms with Crippen LogP contribution in [0.3, 0.4) is 0 Å². The number of hydrogen-bond donors (Lipinski definition) is 1. The summed E-state index contributed by atoms with van der Waals surface area (Å²) in [6.45, 7) is 3.96. The van der Waals surface area contributed by atoms with Crippen LogP contribution in [0.2, 0.25) is 0 Å². The van der Waals surface area contributed by atoms with Gasteiger partial charge in [-0.3, -0.25) is 0 Å². The van der Waals surface area contributed by atoms with E-state index in [1.807, 2.05) is 11.8 Å². The van der Waals surface area contributed by atoms with E-state index in [0.29, 0.717) is 44.1 Å². The van der Waals surface area contributed by atoms with Crippen LogP contribution in [0.15, 0.2) is 12.1 Å². The molecule has 2 N–H and O–H groups in total. The molecule has 0 saturated heterocycles. The number of rotatable bonds is 9. The Balaban J connectivity index is 3.01. The van der Waals surface area contributed by atoms with Crippen molar-refractivity contribution in [3.05, 3.63) is 17.9 Å². The Morgan fingerprint density at radius 2 is 2.10 bits per heavy atom. The van der Waals surface area contributed by atoms with Crippen LogP contribution in [-0.4, -0.2) is 33.4 Å². The Morgan fingerprint density at radius 3 is 2.71 bits per heavy atom. The van der Waals surface area contributed by atoms with Crippen molar-refractivity contribution in [2.45, 2.75) is 19.8 Å². The topological polar surface area (TPSA) is 71.5 Å². The Labute approximate surface area is 125 Å². The van der Waals surface area contributed by atoms with Gasteiger partial charge in [-0.15, -0.1) is 0 Å². The highest BCUT2D eigenvalue weighted by molar-refractivity contribution is 5.70. The van der Waals surface area contributed by atoms with E-state index in [-0.39, 0.29) is 5.75 Å². The van der Waals surface area contributed by atoms with Crippen LogP contribution in [0.1, 0.15) is 19.8 Å². The van der Waals surface area contributed by atoms with Crippen molar-refractivity contribution in [1.82, 2.24) is 0 Å². The molecule has 0 aliphatic heterocycles. The summed E-state index contributed by atoms with van der Waals surface area (Å²) in [4.78, 5) is 1.90. The van der Waals surface area contributed by atoms with Gasteiger partial charge >= 0.3 is 0 Å². The average Bonchev–Trinajstić information content (AvgIpc) is 2.47. The predicted molar refractivity (Wildman–Crippen MR) is 80.9 cm³/mol. The Kier molecular flexibility index (Phi) is 7.33. The minimum absolute atomic E-state index is 0.181. The second-order valence-electron chi connectivity index (χ2n) is 4.58. The molecule has 0 spiro atoms. The lowest BCUT2D eigenvalue weighted by atomic mass is 10.2. The summed E-state index contributed by atoms with van der Waals surface area (Å²) < 4.78 is 24.3. The van der Waals surface area contributed by atoms with Crippen LogP contribution in [0.5, 0.6) is 5.75 Å². The van der Waals surface area contributed by atoms with Crippen molar-refractivity contribution in [3.8, 4) is 11.8 Å². The Hall–Kier alpha value is -2.00. The van der Waals surface area contributed by atoms with Gasteiger partial charge in [0.15, 0.2) is 11.6 Å². The van der Waals surface area contributed by atoms with Gasteiger partial charge in [0.1, 0.15) is 0 Å². The standard InChI is InChI=1S/C15H22FN3O2/c1-3-8-21-15-11-14(13(18)10-12(15)16)19(6-4-5-17)7-9-20-2/h10-11H,3-4,6-9,18H2,1-2H3. The third kappa shape index (κ3) is 5.12. The molecule has 0 amide bonds. The van der Waals surface area contributed by atoms with Crippen molar-refractivity contribution < 1.29 is 13.9 Å². The maximum Gasteiger partial charge on any atom is 0.167 e. The third-order valence-electron chi connectivity index (χ3n) is 2.94. The fourth-order valence-corrected chi connectivity index (χ4v) is 1.89. The predicted octanol–water partition coefficient (Wildman–Crippen LogP) is 2.56. The zero-order chi connectivity index (χ0) is 15.7. The van der Waals surface area contributed by atoms with E-state index in [0.717, 1.165) is 6.42 Å². The quantitative estimate of drug-likeness (QED) is 0.709. The number of methoxy groups -OCH3 is 1. The zero-order valence-electron chi connectivity index (χ0n) is 12.6. The van der Waals surface area contributed by atoms with Gasteiger partial charge in [0.2, 0.25) is 0 Å². The smallest absolute Gasteiger partial charge is 0.167 e. The number of nitrogens with zero attached hydrogens (tertiary/aromatic N) is 2. The van der Waals surface area contributed by atoms with Gasteiger partial charge in [-0.05, 0) is 6.42 Å². The second kappa shape index (κ2) is 9.03. The molecule has 1 aromatic rings. The van der Waals surface area contributed by atoms with Crippen LogP contribution in [0.25, 0.3) is 0 Å². The van der Waals surface area contributed by atoms with Crippen molar-refractivity contribution in [2.24, 2.45) is 0 Å². The molecule has 0 aliphatic rings. The van der Waals surface area contributed by atoms with E-state index in [4.69, 9.17) is 20.5 Å². The van der Waals surface area contributed by atoms with E-state index in [1.165, 1.54) is 6.07 Å². The molecule has 0 bridgehead atoms. The van der Waals surface area contributed by atoms with E-state index in [9.17, 15) is 4.39 Å². The highest BCUT2D eigenvalue weighted by Gasteiger charge is 2.14. The van der Waals surface area contributed by atoms with Crippen LogP contribution in [-0.2, 0) is 4.74 Å². The number of halogens is 1. The summed E-state index contributed by atoms with van der Waals surface area (Å²) >= 11 is 0. The fraction of sp³-hybridized carbons (Fsp3) is 0.533. The van der Waals surface area contributed by atoms with E-state index >= 15 is 0 Å². The molecule has 0 aliphatic carbocycles. The van der Waals surface area contributed by atoms with Gasteiger partial charge in [-0.2, -0.15) is 5.26 Å². The summed E-state index contributed by atoms with van der Waals surface area (Å²) in [6.07, 6.45) is 1.15. The van der Waals surface area contributed by atoms with Crippen LogP contribution in [0.4, 0.5) is 15.8 Å². The average molecular weight is 295 g/mol. The molecule has 5 nitrogen and oxygen atoms in total. The first-order valence-electron chi connectivity index (χ1n) is 6.96. The second-order valence-corrected chi connectivity index (χ2v) is 4.58. The molecule has 0 unspecified atom stereocenters. The molecule has 6 heteroatoms. The summed E-state index contributed by atoms with van der Waals surface area (Å²) in [6, 6.07) is 4.94. The monoisotopic (exact) mass is 295 g/mol. The number of anilines is 2. The largest absolute Gasteiger partial charge is 0.490 e. The Morgan fingerprint density at radius 1 is 1.33 bits per heavy atom. The van der Waals surface area contributed by atoms with Crippen molar-refractivity contribution >= 4 is 11.4 Å². The zero-order valence-corrected chi connectivity index (χ0v) is 12.6. The minimum atomic E-state index is -0.475. The highest BCUT2D eigenvalue weighted by atomic mass is 19.1.